The number of hydrogen-bond acceptors (Lipinski definition) is 4. The average molecular weight is 318 g/mol. The summed E-state index contributed by atoms with van der Waals surface area (Å²) in [5, 5.41) is 12.6. The molecular weight excluding hydrogens is 296 g/mol. The molecule has 1 atom stereocenters. The van der Waals surface area contributed by atoms with Crippen LogP contribution in [-0.2, 0) is 6.54 Å². The van der Waals surface area contributed by atoms with Crippen molar-refractivity contribution < 1.29 is 4.79 Å². The molecule has 1 fully saturated rings. The van der Waals surface area contributed by atoms with E-state index in [9.17, 15) is 4.79 Å². The SMILES string of the molecule is CC(C)Cn1cc(-c2cc(C(=O)N[C@H]3CCNC3)cs2)cn1. The van der Waals surface area contributed by atoms with Crippen molar-refractivity contribution in [1.29, 1.82) is 0 Å². The fourth-order valence-corrected chi connectivity index (χ4v) is 3.48. The Morgan fingerprint density at radius 3 is 3.18 bits per heavy atom. The lowest BCUT2D eigenvalue weighted by atomic mass is 10.2. The summed E-state index contributed by atoms with van der Waals surface area (Å²) in [6, 6.07) is 2.21. The summed E-state index contributed by atoms with van der Waals surface area (Å²) in [5.41, 5.74) is 1.82. The van der Waals surface area contributed by atoms with Gasteiger partial charge < -0.3 is 10.6 Å². The first-order valence-electron chi connectivity index (χ1n) is 7.75. The lowest BCUT2D eigenvalue weighted by molar-refractivity contribution is 0.0940. The lowest BCUT2D eigenvalue weighted by Crippen LogP contribution is -2.35. The van der Waals surface area contributed by atoms with E-state index in [1.807, 2.05) is 22.3 Å². The smallest absolute Gasteiger partial charge is 0.252 e. The van der Waals surface area contributed by atoms with E-state index in [0.717, 1.165) is 42.1 Å². The number of amides is 1. The molecule has 2 N–H and O–H groups in total. The third-order valence-corrected chi connectivity index (χ3v) is 4.71. The lowest BCUT2D eigenvalue weighted by Gasteiger charge is -2.09. The standard InChI is InChI=1S/C16H22N4OS/c1-11(2)8-20-9-13(6-18-20)15-5-12(10-22-15)16(21)19-14-3-4-17-7-14/h5-6,9-11,14,17H,3-4,7-8H2,1-2H3,(H,19,21)/t14-/m0/s1. The molecule has 0 aromatic carbocycles. The molecule has 2 aromatic heterocycles. The topological polar surface area (TPSA) is 59.0 Å². The van der Waals surface area contributed by atoms with Crippen molar-refractivity contribution >= 4 is 17.2 Å². The third-order valence-electron chi connectivity index (χ3n) is 3.73. The minimum absolute atomic E-state index is 0.0192. The van der Waals surface area contributed by atoms with Crippen molar-refractivity contribution in [2.45, 2.75) is 32.9 Å². The number of aromatic nitrogens is 2. The van der Waals surface area contributed by atoms with Crippen LogP contribution in [0.5, 0.6) is 0 Å². The van der Waals surface area contributed by atoms with Crippen LogP contribution in [0.15, 0.2) is 23.8 Å². The van der Waals surface area contributed by atoms with Gasteiger partial charge in [0.25, 0.3) is 5.91 Å². The van der Waals surface area contributed by atoms with Gasteiger partial charge in [0.05, 0.1) is 11.8 Å². The molecule has 3 rings (SSSR count). The first-order valence-corrected chi connectivity index (χ1v) is 8.62. The normalized spacial score (nSPS) is 18.0. The Balaban J connectivity index is 1.67. The van der Waals surface area contributed by atoms with Crippen LogP contribution in [0.1, 0.15) is 30.6 Å². The Morgan fingerprint density at radius 2 is 2.45 bits per heavy atom. The number of carbonyl (C=O) groups excluding carboxylic acids is 1. The van der Waals surface area contributed by atoms with E-state index in [-0.39, 0.29) is 11.9 Å². The van der Waals surface area contributed by atoms with Crippen LogP contribution < -0.4 is 10.6 Å². The summed E-state index contributed by atoms with van der Waals surface area (Å²) < 4.78 is 1.96. The predicted octanol–water partition coefficient (Wildman–Crippen LogP) is 2.36. The molecule has 0 saturated carbocycles. The second-order valence-corrected chi connectivity index (χ2v) is 7.12. The molecule has 0 unspecified atom stereocenters. The molecule has 5 nitrogen and oxygen atoms in total. The van der Waals surface area contributed by atoms with Gasteiger partial charge in [-0.2, -0.15) is 5.10 Å². The Morgan fingerprint density at radius 1 is 1.59 bits per heavy atom. The molecule has 0 aliphatic carbocycles. The summed E-state index contributed by atoms with van der Waals surface area (Å²) in [6.07, 6.45) is 4.93. The average Bonchev–Trinajstić information content (AvgIpc) is 3.18. The summed E-state index contributed by atoms with van der Waals surface area (Å²) in [6.45, 7) is 7.10. The molecule has 1 aliphatic heterocycles. The summed E-state index contributed by atoms with van der Waals surface area (Å²) in [7, 11) is 0. The molecule has 0 spiro atoms. The molecule has 118 valence electrons. The Bertz CT molecular complexity index is 640. The number of thiophene rings is 1. The molecule has 1 saturated heterocycles. The molecule has 22 heavy (non-hydrogen) atoms. The van der Waals surface area contributed by atoms with Crippen LogP contribution in [0, 0.1) is 5.92 Å². The van der Waals surface area contributed by atoms with Crippen LogP contribution in [-0.4, -0.2) is 34.8 Å². The van der Waals surface area contributed by atoms with Gasteiger partial charge in [-0.1, -0.05) is 13.8 Å². The highest BCUT2D eigenvalue weighted by Crippen LogP contribution is 2.27. The van der Waals surface area contributed by atoms with Crippen molar-refractivity contribution in [2.75, 3.05) is 13.1 Å². The Kier molecular flexibility index (Phi) is 4.59. The maximum absolute atomic E-state index is 12.2. The van der Waals surface area contributed by atoms with E-state index in [2.05, 4.69) is 35.8 Å². The van der Waals surface area contributed by atoms with Gasteiger partial charge in [0.2, 0.25) is 0 Å². The van der Waals surface area contributed by atoms with Gasteiger partial charge in [-0.3, -0.25) is 9.48 Å². The first-order chi connectivity index (χ1) is 10.6. The van der Waals surface area contributed by atoms with Crippen molar-refractivity contribution in [2.24, 2.45) is 5.92 Å². The molecule has 0 radical (unpaired) electrons. The highest BCUT2D eigenvalue weighted by molar-refractivity contribution is 7.13. The third kappa shape index (κ3) is 3.56. The molecule has 1 amide bonds. The maximum atomic E-state index is 12.2. The second-order valence-electron chi connectivity index (χ2n) is 6.21. The van der Waals surface area contributed by atoms with Gasteiger partial charge in [-0.05, 0) is 24.9 Å². The zero-order valence-electron chi connectivity index (χ0n) is 13.0. The van der Waals surface area contributed by atoms with Gasteiger partial charge in [-0.15, -0.1) is 11.3 Å². The minimum Gasteiger partial charge on any atom is -0.348 e. The molecular formula is C16H22N4OS. The van der Waals surface area contributed by atoms with E-state index in [0.29, 0.717) is 5.92 Å². The molecule has 0 bridgehead atoms. The van der Waals surface area contributed by atoms with Gasteiger partial charge in [0.15, 0.2) is 0 Å². The highest BCUT2D eigenvalue weighted by atomic mass is 32.1. The maximum Gasteiger partial charge on any atom is 0.252 e. The van der Waals surface area contributed by atoms with Crippen LogP contribution in [0.2, 0.25) is 0 Å². The highest BCUT2D eigenvalue weighted by Gasteiger charge is 2.18. The van der Waals surface area contributed by atoms with Gasteiger partial charge in [0.1, 0.15) is 0 Å². The van der Waals surface area contributed by atoms with Crippen LogP contribution in [0.25, 0.3) is 10.4 Å². The van der Waals surface area contributed by atoms with Gasteiger partial charge in [-0.25, -0.2) is 0 Å². The monoisotopic (exact) mass is 318 g/mol. The predicted molar refractivity (Wildman–Crippen MR) is 89.1 cm³/mol. The largest absolute Gasteiger partial charge is 0.348 e. The number of nitrogens with zero attached hydrogens (tertiary/aromatic N) is 2. The fourth-order valence-electron chi connectivity index (χ4n) is 2.62. The minimum atomic E-state index is 0.0192. The first kappa shape index (κ1) is 15.2. The van der Waals surface area contributed by atoms with Gasteiger partial charge in [0, 0.05) is 41.1 Å². The van der Waals surface area contributed by atoms with E-state index < -0.39 is 0 Å². The van der Waals surface area contributed by atoms with Crippen LogP contribution in [0.4, 0.5) is 0 Å². The van der Waals surface area contributed by atoms with Crippen molar-refractivity contribution in [3.8, 4) is 10.4 Å². The van der Waals surface area contributed by atoms with Crippen molar-refractivity contribution in [3.05, 3.63) is 29.4 Å². The van der Waals surface area contributed by atoms with Crippen LogP contribution >= 0.6 is 11.3 Å². The summed E-state index contributed by atoms with van der Waals surface area (Å²) >= 11 is 1.59. The van der Waals surface area contributed by atoms with E-state index in [1.165, 1.54) is 0 Å². The quantitative estimate of drug-likeness (QED) is 0.890. The molecule has 6 heteroatoms. The van der Waals surface area contributed by atoms with Gasteiger partial charge >= 0.3 is 0 Å². The van der Waals surface area contributed by atoms with E-state index in [4.69, 9.17) is 0 Å². The number of rotatable bonds is 5. The number of hydrogen-bond donors (Lipinski definition) is 2. The molecule has 3 heterocycles. The van der Waals surface area contributed by atoms with Crippen molar-refractivity contribution in [3.63, 3.8) is 0 Å². The summed E-state index contributed by atoms with van der Waals surface area (Å²) in [4.78, 5) is 13.3. The second kappa shape index (κ2) is 6.62. The number of carbonyl (C=O) groups is 1. The van der Waals surface area contributed by atoms with Crippen molar-refractivity contribution in [1.82, 2.24) is 20.4 Å². The fraction of sp³-hybridized carbons (Fsp3) is 0.500. The summed E-state index contributed by atoms with van der Waals surface area (Å²) in [5.74, 6) is 0.586. The Labute approximate surface area is 134 Å². The van der Waals surface area contributed by atoms with E-state index in [1.54, 1.807) is 11.3 Å². The molecule has 2 aromatic rings. The molecule has 1 aliphatic rings. The Hall–Kier alpha value is -1.66. The zero-order chi connectivity index (χ0) is 15.5. The van der Waals surface area contributed by atoms with Crippen LogP contribution in [0.3, 0.4) is 0 Å². The number of nitrogens with one attached hydrogen (secondary N) is 2. The van der Waals surface area contributed by atoms with E-state index >= 15 is 0 Å². The zero-order valence-corrected chi connectivity index (χ0v) is 13.8.